The number of ether oxygens (including phenoxy) is 2. The summed E-state index contributed by atoms with van der Waals surface area (Å²) in [4.78, 5) is 2.44. The molecule has 118 valence electrons. The summed E-state index contributed by atoms with van der Waals surface area (Å²) in [6, 6.07) is 6.28. The predicted molar refractivity (Wildman–Crippen MR) is 85.5 cm³/mol. The van der Waals surface area contributed by atoms with Crippen molar-refractivity contribution in [3.8, 4) is 5.75 Å². The van der Waals surface area contributed by atoms with Gasteiger partial charge in [0.2, 0.25) is 0 Å². The normalized spacial score (nSPS) is 24.8. The Morgan fingerprint density at radius 2 is 2.14 bits per heavy atom. The van der Waals surface area contributed by atoms with Crippen molar-refractivity contribution in [1.82, 2.24) is 4.90 Å². The van der Waals surface area contributed by atoms with Crippen LogP contribution >= 0.6 is 0 Å². The van der Waals surface area contributed by atoms with Crippen LogP contribution in [0, 0.1) is 5.92 Å². The molecule has 0 aromatic heterocycles. The number of nitrogens with two attached hydrogens (primary N) is 1. The minimum atomic E-state index is 0.0442. The Labute approximate surface area is 128 Å². The van der Waals surface area contributed by atoms with Gasteiger partial charge in [0.05, 0.1) is 13.2 Å². The molecule has 21 heavy (non-hydrogen) atoms. The molecule has 3 unspecified atom stereocenters. The van der Waals surface area contributed by atoms with Gasteiger partial charge >= 0.3 is 0 Å². The van der Waals surface area contributed by atoms with Crippen molar-refractivity contribution in [2.45, 2.75) is 39.0 Å². The average Bonchev–Trinajstić information content (AvgIpc) is 2.49. The lowest BCUT2D eigenvalue weighted by atomic mass is 9.95. The quantitative estimate of drug-likeness (QED) is 0.906. The highest BCUT2D eigenvalue weighted by atomic mass is 16.5. The molecule has 1 aliphatic heterocycles. The Hall–Kier alpha value is -1.10. The number of likely N-dealkylation sites (tertiary alicyclic amines) is 1. The second-order valence-corrected chi connectivity index (χ2v) is 6.14. The van der Waals surface area contributed by atoms with E-state index in [-0.39, 0.29) is 6.04 Å². The highest BCUT2D eigenvalue weighted by Gasteiger charge is 2.26. The summed E-state index contributed by atoms with van der Waals surface area (Å²) in [7, 11) is 3.53. The number of benzene rings is 1. The molecule has 0 aliphatic carbocycles. The third-order valence-corrected chi connectivity index (χ3v) is 4.50. The van der Waals surface area contributed by atoms with Gasteiger partial charge in [-0.2, -0.15) is 0 Å². The fraction of sp³-hybridized carbons (Fsp3) is 0.647. The Balaban J connectivity index is 2.12. The average molecular weight is 292 g/mol. The zero-order valence-corrected chi connectivity index (χ0v) is 13.6. The van der Waals surface area contributed by atoms with Crippen LogP contribution < -0.4 is 10.5 Å². The van der Waals surface area contributed by atoms with E-state index in [0.717, 1.165) is 30.9 Å². The summed E-state index contributed by atoms with van der Waals surface area (Å²) in [6.45, 7) is 7.24. The minimum Gasteiger partial charge on any atom is -0.496 e. The number of piperidine rings is 1. The smallest absolute Gasteiger partial charge is 0.123 e. The van der Waals surface area contributed by atoms with Gasteiger partial charge in [-0.25, -0.2) is 0 Å². The fourth-order valence-electron chi connectivity index (χ4n) is 2.99. The first kappa shape index (κ1) is 16.3. The van der Waals surface area contributed by atoms with Gasteiger partial charge in [-0.05, 0) is 43.5 Å². The zero-order chi connectivity index (χ0) is 15.4. The maximum atomic E-state index is 5.99. The molecule has 2 rings (SSSR count). The first-order valence-electron chi connectivity index (χ1n) is 7.72. The molecule has 0 amide bonds. The number of hydrogen-bond donors (Lipinski definition) is 1. The number of methoxy groups -OCH3 is 2. The van der Waals surface area contributed by atoms with Crippen LogP contribution in [0.2, 0.25) is 0 Å². The molecule has 4 nitrogen and oxygen atoms in total. The summed E-state index contributed by atoms with van der Waals surface area (Å²) < 4.78 is 11.1. The van der Waals surface area contributed by atoms with Gasteiger partial charge in [0.25, 0.3) is 0 Å². The van der Waals surface area contributed by atoms with E-state index in [9.17, 15) is 0 Å². The summed E-state index contributed by atoms with van der Waals surface area (Å²) in [5.74, 6) is 1.57. The lowest BCUT2D eigenvalue weighted by molar-refractivity contribution is -0.00762. The van der Waals surface area contributed by atoms with E-state index in [2.05, 4.69) is 17.9 Å². The highest BCUT2D eigenvalue weighted by Crippen LogP contribution is 2.26. The fourth-order valence-corrected chi connectivity index (χ4v) is 2.99. The van der Waals surface area contributed by atoms with E-state index in [1.807, 2.05) is 26.2 Å². The molecule has 4 heteroatoms. The van der Waals surface area contributed by atoms with Crippen molar-refractivity contribution in [3.05, 3.63) is 29.3 Å². The Kier molecular flexibility index (Phi) is 5.62. The highest BCUT2D eigenvalue weighted by molar-refractivity contribution is 5.38. The van der Waals surface area contributed by atoms with Crippen LogP contribution in [0.1, 0.15) is 37.4 Å². The summed E-state index contributed by atoms with van der Waals surface area (Å²) in [5.41, 5.74) is 8.35. The van der Waals surface area contributed by atoms with E-state index in [4.69, 9.17) is 15.2 Å². The molecule has 1 fully saturated rings. The Morgan fingerprint density at radius 3 is 2.76 bits per heavy atom. The van der Waals surface area contributed by atoms with Gasteiger partial charge in [-0.1, -0.05) is 13.0 Å². The predicted octanol–water partition coefficient (Wildman–Crippen LogP) is 2.57. The second-order valence-electron chi connectivity index (χ2n) is 6.14. The van der Waals surface area contributed by atoms with Crippen molar-refractivity contribution in [2.24, 2.45) is 11.7 Å². The van der Waals surface area contributed by atoms with Gasteiger partial charge in [0.15, 0.2) is 0 Å². The van der Waals surface area contributed by atoms with Crippen LogP contribution in [-0.4, -0.2) is 38.3 Å². The van der Waals surface area contributed by atoms with Crippen LogP contribution in [0.25, 0.3) is 0 Å². The van der Waals surface area contributed by atoms with E-state index in [1.165, 1.54) is 12.0 Å². The van der Waals surface area contributed by atoms with Crippen molar-refractivity contribution >= 4 is 0 Å². The van der Waals surface area contributed by atoms with Crippen molar-refractivity contribution in [2.75, 3.05) is 27.3 Å². The van der Waals surface area contributed by atoms with Gasteiger partial charge in [-0.15, -0.1) is 0 Å². The lowest BCUT2D eigenvalue weighted by Gasteiger charge is -2.36. The molecule has 1 heterocycles. The van der Waals surface area contributed by atoms with Crippen LogP contribution in [0.3, 0.4) is 0 Å². The molecule has 0 bridgehead atoms. The van der Waals surface area contributed by atoms with Gasteiger partial charge in [0, 0.05) is 31.8 Å². The molecule has 0 saturated carbocycles. The maximum absolute atomic E-state index is 5.99. The number of hydrogen-bond acceptors (Lipinski definition) is 4. The van der Waals surface area contributed by atoms with Crippen LogP contribution in [0.5, 0.6) is 5.75 Å². The summed E-state index contributed by atoms with van der Waals surface area (Å²) in [6.07, 6.45) is 1.50. The third kappa shape index (κ3) is 3.96. The molecule has 2 N–H and O–H groups in total. The van der Waals surface area contributed by atoms with E-state index >= 15 is 0 Å². The van der Waals surface area contributed by atoms with Crippen molar-refractivity contribution in [3.63, 3.8) is 0 Å². The lowest BCUT2D eigenvalue weighted by Crippen LogP contribution is -2.43. The van der Waals surface area contributed by atoms with Crippen LogP contribution in [-0.2, 0) is 11.3 Å². The van der Waals surface area contributed by atoms with Crippen LogP contribution in [0.4, 0.5) is 0 Å². The summed E-state index contributed by atoms with van der Waals surface area (Å²) >= 11 is 0. The van der Waals surface area contributed by atoms with E-state index < -0.39 is 0 Å². The third-order valence-electron chi connectivity index (χ3n) is 4.50. The van der Waals surface area contributed by atoms with Crippen molar-refractivity contribution in [1.29, 1.82) is 0 Å². The van der Waals surface area contributed by atoms with E-state index in [1.54, 1.807) is 7.11 Å². The Bertz CT molecular complexity index is 462. The standard InChI is InChI=1S/C17H28N2O2/c1-12-7-8-19(11-17(12)21-4)10-15-9-14(13(2)18)5-6-16(15)20-3/h5-6,9,12-13,17H,7-8,10-11,18H2,1-4H3. The molecule has 3 atom stereocenters. The topological polar surface area (TPSA) is 47.7 Å². The first-order chi connectivity index (χ1) is 10.0. The number of rotatable bonds is 5. The monoisotopic (exact) mass is 292 g/mol. The SMILES string of the molecule is COc1ccc(C(C)N)cc1CN1CCC(C)C(OC)C1. The second kappa shape index (κ2) is 7.25. The van der Waals surface area contributed by atoms with Gasteiger partial charge in [-0.3, -0.25) is 4.90 Å². The van der Waals surface area contributed by atoms with Crippen molar-refractivity contribution < 1.29 is 9.47 Å². The molecule has 1 aliphatic rings. The summed E-state index contributed by atoms with van der Waals surface area (Å²) in [5, 5.41) is 0. The molecular formula is C17H28N2O2. The largest absolute Gasteiger partial charge is 0.496 e. The molecule has 1 aromatic carbocycles. The maximum Gasteiger partial charge on any atom is 0.123 e. The first-order valence-corrected chi connectivity index (χ1v) is 7.72. The molecule has 1 aromatic rings. The van der Waals surface area contributed by atoms with Gasteiger partial charge in [0.1, 0.15) is 5.75 Å². The Morgan fingerprint density at radius 1 is 1.38 bits per heavy atom. The zero-order valence-electron chi connectivity index (χ0n) is 13.6. The molecular weight excluding hydrogens is 264 g/mol. The minimum absolute atomic E-state index is 0.0442. The van der Waals surface area contributed by atoms with Gasteiger partial charge < -0.3 is 15.2 Å². The van der Waals surface area contributed by atoms with E-state index in [0.29, 0.717) is 12.0 Å². The number of nitrogens with zero attached hydrogens (tertiary/aromatic N) is 1. The van der Waals surface area contributed by atoms with Crippen LogP contribution in [0.15, 0.2) is 18.2 Å². The molecule has 1 saturated heterocycles. The molecule has 0 spiro atoms. The molecule has 0 radical (unpaired) electrons.